The molecule has 2 aliphatic heterocycles. The number of nitrogens with zero attached hydrogens (tertiary/aromatic N) is 5. The van der Waals surface area contributed by atoms with E-state index in [4.69, 9.17) is 0 Å². The van der Waals surface area contributed by atoms with Crippen LogP contribution in [0.5, 0.6) is 5.75 Å². The Labute approximate surface area is 225 Å². The maximum absolute atomic E-state index is 15.6. The summed E-state index contributed by atoms with van der Waals surface area (Å²) in [7, 11) is 2.11. The molecule has 0 unspecified atom stereocenters. The smallest absolute Gasteiger partial charge is 0.237 e. The number of nitrogens with one attached hydrogen (secondary N) is 2. The number of aromatic amines is 2. The Morgan fingerprint density at radius 2 is 1.92 bits per heavy atom. The molecule has 2 aliphatic rings. The van der Waals surface area contributed by atoms with Gasteiger partial charge in [0.2, 0.25) is 5.91 Å². The van der Waals surface area contributed by atoms with E-state index in [1.807, 2.05) is 17.9 Å². The zero-order chi connectivity index (χ0) is 27.1. The molecule has 4 aromatic rings. The molecule has 2 aromatic heterocycles. The number of benzene rings is 2. The third-order valence-corrected chi connectivity index (χ3v) is 7.81. The lowest BCUT2D eigenvalue weighted by Crippen LogP contribution is -2.48. The highest BCUT2D eigenvalue weighted by Gasteiger charge is 2.25. The topological polar surface area (TPSA) is 104 Å². The van der Waals surface area contributed by atoms with Crippen LogP contribution in [-0.4, -0.2) is 98.7 Å². The van der Waals surface area contributed by atoms with E-state index in [0.717, 1.165) is 48.6 Å². The van der Waals surface area contributed by atoms with Crippen LogP contribution in [0.3, 0.4) is 0 Å². The van der Waals surface area contributed by atoms with Gasteiger partial charge in [0.15, 0.2) is 11.6 Å². The number of carbonyl (C=O) groups is 1. The molecule has 2 aromatic carbocycles. The van der Waals surface area contributed by atoms with Crippen LogP contribution >= 0.6 is 0 Å². The number of aromatic hydroxyl groups is 1. The van der Waals surface area contributed by atoms with Gasteiger partial charge in [0.1, 0.15) is 17.0 Å². The van der Waals surface area contributed by atoms with Crippen molar-refractivity contribution < 1.29 is 14.3 Å². The van der Waals surface area contributed by atoms with Gasteiger partial charge in [-0.15, -0.1) is 0 Å². The Morgan fingerprint density at radius 1 is 1.13 bits per heavy atom. The number of aromatic nitrogens is 4. The molecule has 0 radical (unpaired) electrons. The van der Waals surface area contributed by atoms with E-state index in [1.54, 1.807) is 30.5 Å². The van der Waals surface area contributed by atoms with Gasteiger partial charge in [0.05, 0.1) is 18.4 Å². The van der Waals surface area contributed by atoms with Gasteiger partial charge in [-0.1, -0.05) is 25.1 Å². The number of carbonyl (C=O) groups excluding carboxylic acids is 1. The Hall–Kier alpha value is -4.02. The summed E-state index contributed by atoms with van der Waals surface area (Å²) in [4.78, 5) is 27.1. The number of rotatable bonds is 6. The minimum Gasteiger partial charge on any atom is -0.508 e. The number of phenolic OH excluding ortho intramolecular Hbond substituents is 1. The predicted octanol–water partition coefficient (Wildman–Crippen LogP) is 3.50. The largest absolute Gasteiger partial charge is 0.508 e. The van der Waals surface area contributed by atoms with Gasteiger partial charge in [-0.05, 0) is 48.4 Å². The molecule has 0 aliphatic carbocycles. The van der Waals surface area contributed by atoms with Crippen LogP contribution in [0.4, 0.5) is 4.39 Å². The number of imidazole rings is 1. The molecule has 0 spiro atoms. The summed E-state index contributed by atoms with van der Waals surface area (Å²) in [6, 6.07) is 8.55. The van der Waals surface area contributed by atoms with Gasteiger partial charge >= 0.3 is 0 Å². The molecule has 202 valence electrons. The van der Waals surface area contributed by atoms with Crippen LogP contribution in [0.15, 0.2) is 42.6 Å². The third kappa shape index (κ3) is 4.81. The average molecular weight is 530 g/mol. The van der Waals surface area contributed by atoms with Crippen molar-refractivity contribution in [2.75, 3.05) is 52.9 Å². The summed E-state index contributed by atoms with van der Waals surface area (Å²) in [5.41, 5.74) is 4.71. The molecule has 0 saturated carbocycles. The second-order valence-electron chi connectivity index (χ2n) is 10.3. The SMILES string of the molecule is CCc1cc(O)ccc1-c1ccc2c(-c3ncc(C4=CCN(C(=O)CN5CCN(C)CC5)C4)[nH]3)[nH]nc2c1F. The summed E-state index contributed by atoms with van der Waals surface area (Å²) < 4.78 is 15.6. The van der Waals surface area contributed by atoms with E-state index in [2.05, 4.69) is 43.1 Å². The summed E-state index contributed by atoms with van der Waals surface area (Å²) in [5.74, 6) is 0.431. The number of aryl methyl sites for hydroxylation is 1. The number of fused-ring (bicyclic) bond motifs is 1. The van der Waals surface area contributed by atoms with Crippen molar-refractivity contribution in [2.24, 2.45) is 0 Å². The lowest BCUT2D eigenvalue weighted by Gasteiger charge is -2.32. The van der Waals surface area contributed by atoms with Crippen molar-refractivity contribution in [2.45, 2.75) is 13.3 Å². The molecular weight excluding hydrogens is 497 g/mol. The number of piperazine rings is 1. The molecule has 1 amide bonds. The van der Waals surface area contributed by atoms with Crippen LogP contribution in [0.2, 0.25) is 0 Å². The number of H-pyrrole nitrogens is 2. The highest BCUT2D eigenvalue weighted by molar-refractivity contribution is 5.95. The van der Waals surface area contributed by atoms with Gasteiger partial charge in [0, 0.05) is 50.2 Å². The molecule has 1 saturated heterocycles. The highest BCUT2D eigenvalue weighted by atomic mass is 19.1. The van der Waals surface area contributed by atoms with Crippen molar-refractivity contribution in [1.82, 2.24) is 34.9 Å². The van der Waals surface area contributed by atoms with Crippen LogP contribution in [0.1, 0.15) is 18.2 Å². The second-order valence-corrected chi connectivity index (χ2v) is 10.3. The Morgan fingerprint density at radius 3 is 2.72 bits per heavy atom. The molecule has 3 N–H and O–H groups in total. The highest BCUT2D eigenvalue weighted by Crippen LogP contribution is 2.35. The monoisotopic (exact) mass is 529 g/mol. The number of phenols is 1. The molecule has 6 rings (SSSR count). The van der Waals surface area contributed by atoms with Crippen molar-refractivity contribution in [3.05, 3.63) is 59.7 Å². The lowest BCUT2D eigenvalue weighted by atomic mass is 9.96. The first kappa shape index (κ1) is 25.3. The zero-order valence-electron chi connectivity index (χ0n) is 22.2. The van der Waals surface area contributed by atoms with E-state index in [0.29, 0.717) is 48.5 Å². The standard InChI is InChI=1S/C29H32FN7O2/c1-3-18-14-20(38)4-5-21(18)22-6-7-23-27(26(22)30)33-34-28(23)29-31-15-24(32-29)19-8-9-37(16-19)25(39)17-36-12-10-35(2)11-13-36/h4-8,14-15,38H,3,9-13,16-17H2,1-2H3,(H,31,32)(H,33,34). The van der Waals surface area contributed by atoms with Gasteiger partial charge < -0.3 is 19.9 Å². The first-order valence-corrected chi connectivity index (χ1v) is 13.3. The quantitative estimate of drug-likeness (QED) is 0.353. The minimum absolute atomic E-state index is 0.135. The number of hydrogen-bond acceptors (Lipinski definition) is 6. The first-order valence-electron chi connectivity index (χ1n) is 13.3. The third-order valence-electron chi connectivity index (χ3n) is 7.81. The maximum Gasteiger partial charge on any atom is 0.237 e. The van der Waals surface area contributed by atoms with E-state index >= 15 is 4.39 Å². The molecule has 0 atom stereocenters. The predicted molar refractivity (Wildman–Crippen MR) is 149 cm³/mol. The van der Waals surface area contributed by atoms with Crippen LogP contribution in [0.25, 0.3) is 39.1 Å². The number of hydrogen-bond donors (Lipinski definition) is 3. The van der Waals surface area contributed by atoms with Gasteiger partial charge in [-0.3, -0.25) is 14.8 Å². The van der Waals surface area contributed by atoms with E-state index in [9.17, 15) is 9.90 Å². The van der Waals surface area contributed by atoms with Gasteiger partial charge in [-0.2, -0.15) is 5.10 Å². The normalized spacial score (nSPS) is 16.8. The first-order chi connectivity index (χ1) is 18.9. The average Bonchev–Trinajstić information content (AvgIpc) is 3.70. The minimum atomic E-state index is -0.421. The lowest BCUT2D eigenvalue weighted by molar-refractivity contribution is -0.131. The van der Waals surface area contributed by atoms with E-state index in [-0.39, 0.29) is 17.2 Å². The molecule has 0 bridgehead atoms. The summed E-state index contributed by atoms with van der Waals surface area (Å²) in [6.07, 6.45) is 4.47. The fourth-order valence-electron chi connectivity index (χ4n) is 5.42. The summed E-state index contributed by atoms with van der Waals surface area (Å²) in [5, 5.41) is 17.7. The van der Waals surface area contributed by atoms with E-state index < -0.39 is 5.82 Å². The van der Waals surface area contributed by atoms with Crippen LogP contribution in [0, 0.1) is 5.82 Å². The molecule has 39 heavy (non-hydrogen) atoms. The Balaban J connectivity index is 1.19. The molecule has 1 fully saturated rings. The summed E-state index contributed by atoms with van der Waals surface area (Å²) >= 11 is 0. The fourth-order valence-corrected chi connectivity index (χ4v) is 5.42. The van der Waals surface area contributed by atoms with Crippen molar-refractivity contribution in [1.29, 1.82) is 0 Å². The molecule has 9 nitrogen and oxygen atoms in total. The number of amides is 1. The summed E-state index contributed by atoms with van der Waals surface area (Å²) in [6.45, 7) is 7.32. The molecule has 10 heteroatoms. The van der Waals surface area contributed by atoms with Gasteiger partial charge in [0.25, 0.3) is 0 Å². The Bertz CT molecular complexity index is 1570. The maximum atomic E-state index is 15.6. The molecular formula is C29H32FN7O2. The van der Waals surface area contributed by atoms with Crippen molar-refractivity contribution >= 4 is 22.4 Å². The van der Waals surface area contributed by atoms with Crippen molar-refractivity contribution in [3.63, 3.8) is 0 Å². The van der Waals surface area contributed by atoms with Crippen LogP contribution in [-0.2, 0) is 11.2 Å². The second kappa shape index (κ2) is 10.3. The van der Waals surface area contributed by atoms with Gasteiger partial charge in [-0.25, -0.2) is 9.37 Å². The molecule has 4 heterocycles. The Kier molecular flexibility index (Phi) is 6.66. The van der Waals surface area contributed by atoms with Crippen LogP contribution < -0.4 is 0 Å². The van der Waals surface area contributed by atoms with E-state index in [1.165, 1.54) is 0 Å². The number of halogens is 1. The fraction of sp³-hybridized carbons (Fsp3) is 0.345. The zero-order valence-corrected chi connectivity index (χ0v) is 22.2. The number of likely N-dealkylation sites (N-methyl/N-ethyl adjacent to an activating group) is 1. The van der Waals surface area contributed by atoms with Crippen molar-refractivity contribution in [3.8, 4) is 28.4 Å².